The summed E-state index contributed by atoms with van der Waals surface area (Å²) in [5, 5.41) is 0. The lowest BCUT2D eigenvalue weighted by atomic mass is 10.4. The minimum Gasteiger partial charge on any atom is -0.330 e. The molecule has 0 aliphatic rings. The van der Waals surface area contributed by atoms with Crippen molar-refractivity contribution >= 4 is 0 Å². The Labute approximate surface area is 60.8 Å². The third-order valence-corrected chi connectivity index (χ3v) is 0.408. The SMILES string of the molecule is NCCCN.[O-][Cl+3]([O-])([O-])O. The summed E-state index contributed by atoms with van der Waals surface area (Å²) in [4.78, 5) is 0. The fourth-order valence-corrected chi connectivity index (χ4v) is 0.118. The lowest BCUT2D eigenvalue weighted by Gasteiger charge is -2.03. The minimum atomic E-state index is -4.69. The predicted octanol–water partition coefficient (Wildman–Crippen LogP) is -4.83. The average molecular weight is 175 g/mol. The fraction of sp³-hybridized carbons (Fsp3) is 1.00. The Bertz CT molecular complexity index is 58.0. The van der Waals surface area contributed by atoms with Crippen LogP contribution in [0.25, 0.3) is 0 Å². The van der Waals surface area contributed by atoms with E-state index in [9.17, 15) is 0 Å². The van der Waals surface area contributed by atoms with E-state index >= 15 is 0 Å². The standard InChI is InChI=1S/C3H10N2.ClHO4/c4-2-1-3-5;2-1(3,4)5/h1-5H2;(H,2,3,4,5). The third-order valence-electron chi connectivity index (χ3n) is 0.408. The van der Waals surface area contributed by atoms with Gasteiger partial charge in [0.25, 0.3) is 0 Å². The first-order valence-electron chi connectivity index (χ1n) is 2.45. The summed E-state index contributed by atoms with van der Waals surface area (Å²) in [7, 11) is -4.69. The molecule has 0 aromatic rings. The molecule has 0 aliphatic heterocycles. The van der Waals surface area contributed by atoms with Crippen LogP contribution < -0.4 is 25.4 Å². The van der Waals surface area contributed by atoms with Crippen LogP contribution in [0.1, 0.15) is 6.42 Å². The van der Waals surface area contributed by atoms with E-state index in [2.05, 4.69) is 0 Å². The number of halogens is 1. The summed E-state index contributed by atoms with van der Waals surface area (Å²) >= 11 is 0. The van der Waals surface area contributed by atoms with Gasteiger partial charge in [-0.1, -0.05) is 0 Å². The topological polar surface area (TPSA) is 141 Å². The normalized spacial score (nSPS) is 10.2. The molecule has 0 bridgehead atoms. The van der Waals surface area contributed by atoms with Crippen molar-refractivity contribution in [2.24, 2.45) is 11.5 Å². The van der Waals surface area contributed by atoms with Gasteiger partial charge in [0.1, 0.15) is 0 Å². The molecule has 0 aromatic carbocycles. The second-order valence-corrected chi connectivity index (χ2v) is 2.12. The first-order chi connectivity index (χ1) is 4.41. The largest absolute Gasteiger partial charge is 0.330 e. The van der Waals surface area contributed by atoms with Crippen LogP contribution in [0.5, 0.6) is 0 Å². The van der Waals surface area contributed by atoms with Crippen molar-refractivity contribution in [2.45, 2.75) is 6.42 Å². The molecule has 0 saturated carbocycles. The summed E-state index contributed by atoms with van der Waals surface area (Å²) < 4.78 is 32.7. The summed E-state index contributed by atoms with van der Waals surface area (Å²) in [5.74, 6) is 0. The molecule has 10 heavy (non-hydrogen) atoms. The third kappa shape index (κ3) is 95.2. The highest BCUT2D eigenvalue weighted by Gasteiger charge is 1.98. The van der Waals surface area contributed by atoms with Gasteiger partial charge in [0.2, 0.25) is 0 Å². The minimum absolute atomic E-state index is 0.719. The Morgan fingerprint density at radius 1 is 1.10 bits per heavy atom. The van der Waals surface area contributed by atoms with E-state index in [1.807, 2.05) is 0 Å². The molecule has 6 nitrogen and oxygen atoms in total. The Morgan fingerprint density at radius 2 is 1.30 bits per heavy atom. The molecule has 0 fully saturated rings. The van der Waals surface area contributed by atoms with Gasteiger partial charge < -0.3 is 11.5 Å². The van der Waals surface area contributed by atoms with E-state index in [0.29, 0.717) is 0 Å². The molecule has 0 aliphatic carbocycles. The highest BCUT2D eigenvalue weighted by molar-refractivity contribution is 4.33. The second-order valence-electron chi connectivity index (χ2n) is 1.33. The number of hydrogen-bond acceptors (Lipinski definition) is 6. The molecular weight excluding hydrogens is 163 g/mol. The molecule has 0 atom stereocenters. The van der Waals surface area contributed by atoms with E-state index in [0.717, 1.165) is 19.5 Å². The summed E-state index contributed by atoms with van der Waals surface area (Å²) in [6, 6.07) is 0. The van der Waals surface area contributed by atoms with E-state index < -0.39 is 10.2 Å². The molecule has 5 N–H and O–H groups in total. The molecule has 0 spiro atoms. The van der Waals surface area contributed by atoms with Gasteiger partial charge in [-0.25, -0.2) is 0 Å². The molecule has 0 aromatic heterocycles. The van der Waals surface area contributed by atoms with Gasteiger partial charge in [-0.2, -0.15) is 14.0 Å². The molecule has 64 valence electrons. The van der Waals surface area contributed by atoms with Gasteiger partial charge in [0, 0.05) is 0 Å². The van der Waals surface area contributed by atoms with Crippen molar-refractivity contribution in [3.8, 4) is 0 Å². The summed E-state index contributed by atoms with van der Waals surface area (Å²) in [6.07, 6.45) is 0.944. The van der Waals surface area contributed by atoms with Crippen molar-refractivity contribution in [1.29, 1.82) is 0 Å². The van der Waals surface area contributed by atoms with Gasteiger partial charge in [-0.15, -0.1) is 0 Å². The smallest absolute Gasteiger partial charge is 0.0777 e. The van der Waals surface area contributed by atoms with Gasteiger partial charge in [-0.3, -0.25) is 0 Å². The number of nitrogens with two attached hydrogens (primary N) is 2. The van der Waals surface area contributed by atoms with Crippen LogP contribution in [-0.4, -0.2) is 17.7 Å². The number of hydrogen-bond donors (Lipinski definition) is 3. The maximum absolute atomic E-state index is 8.60. The van der Waals surface area contributed by atoms with Crippen molar-refractivity contribution in [1.82, 2.24) is 0 Å². The molecule has 0 saturated heterocycles. The lowest BCUT2D eigenvalue weighted by molar-refractivity contribution is -1.92. The Hall–Kier alpha value is 0.0500. The Kier molecular flexibility index (Phi) is 9.10. The summed E-state index contributed by atoms with van der Waals surface area (Å²) in [6.45, 7) is 1.44. The zero-order valence-corrected chi connectivity index (χ0v) is 6.08. The van der Waals surface area contributed by atoms with Crippen LogP contribution in [-0.2, 0) is 0 Å². The van der Waals surface area contributed by atoms with Crippen molar-refractivity contribution < 1.29 is 28.9 Å². The average Bonchev–Trinajstić information content (AvgIpc) is 1.63. The molecule has 0 rings (SSSR count). The Balaban J connectivity index is 0. The van der Waals surface area contributed by atoms with Crippen LogP contribution >= 0.6 is 0 Å². The van der Waals surface area contributed by atoms with Crippen LogP contribution in [0, 0.1) is 10.2 Å². The van der Waals surface area contributed by atoms with Gasteiger partial charge in [-0.05, 0) is 19.5 Å². The van der Waals surface area contributed by atoms with Crippen LogP contribution in [0.2, 0.25) is 0 Å². The maximum atomic E-state index is 8.60. The van der Waals surface area contributed by atoms with E-state index in [4.69, 9.17) is 30.1 Å². The van der Waals surface area contributed by atoms with E-state index in [1.165, 1.54) is 0 Å². The molecule has 0 heterocycles. The van der Waals surface area contributed by atoms with Gasteiger partial charge in [0.05, 0.1) is 14.9 Å². The maximum Gasteiger partial charge on any atom is 0.0777 e. The van der Waals surface area contributed by atoms with E-state index in [-0.39, 0.29) is 0 Å². The highest BCUT2D eigenvalue weighted by atomic mass is 35.7. The molecule has 7 heteroatoms. The second kappa shape index (κ2) is 7.16. The van der Waals surface area contributed by atoms with E-state index in [1.54, 1.807) is 0 Å². The zero-order chi connectivity index (χ0) is 8.62. The monoisotopic (exact) mass is 174 g/mol. The Morgan fingerprint density at radius 3 is 1.30 bits per heavy atom. The van der Waals surface area contributed by atoms with Gasteiger partial charge >= 0.3 is 0 Å². The van der Waals surface area contributed by atoms with Gasteiger partial charge in [0.15, 0.2) is 0 Å². The molecule has 0 amide bonds. The highest BCUT2D eigenvalue weighted by Crippen LogP contribution is 1.60. The fourth-order valence-electron chi connectivity index (χ4n) is 0.118. The number of rotatable bonds is 2. The first kappa shape index (κ1) is 12.7. The predicted molar refractivity (Wildman–Crippen MR) is 24.9 cm³/mol. The first-order valence-corrected chi connectivity index (χ1v) is 3.71. The van der Waals surface area contributed by atoms with Crippen LogP contribution in [0.3, 0.4) is 0 Å². The molecule has 0 unspecified atom stereocenters. The van der Waals surface area contributed by atoms with Crippen molar-refractivity contribution in [2.75, 3.05) is 13.1 Å². The van der Waals surface area contributed by atoms with Crippen LogP contribution in [0.4, 0.5) is 0 Å². The lowest BCUT2D eigenvalue weighted by Crippen LogP contribution is -2.58. The van der Waals surface area contributed by atoms with Crippen molar-refractivity contribution in [3.63, 3.8) is 0 Å². The zero-order valence-electron chi connectivity index (χ0n) is 5.33. The van der Waals surface area contributed by atoms with Crippen LogP contribution in [0.15, 0.2) is 0 Å². The van der Waals surface area contributed by atoms with Crippen molar-refractivity contribution in [3.05, 3.63) is 0 Å². The molecular formula is C3H11ClN2O4. The summed E-state index contributed by atoms with van der Waals surface area (Å²) in [5.41, 5.74) is 10.1. The quantitative estimate of drug-likeness (QED) is 0.383. The molecule has 0 radical (unpaired) electrons.